The molecule has 0 spiro atoms. The normalized spacial score (nSPS) is 22.5. The molecule has 3 aromatic rings. The molecule has 8 heteroatoms. The molecule has 0 aromatic heterocycles. The topological polar surface area (TPSA) is 102 Å². The summed E-state index contributed by atoms with van der Waals surface area (Å²) < 4.78 is 0. The number of hydrogen-bond donors (Lipinski definition) is 0. The van der Waals surface area contributed by atoms with Crippen molar-refractivity contribution in [3.05, 3.63) is 116 Å². The van der Waals surface area contributed by atoms with E-state index >= 15 is 0 Å². The van der Waals surface area contributed by atoms with E-state index in [4.69, 9.17) is 5.10 Å². The summed E-state index contributed by atoms with van der Waals surface area (Å²) in [5.41, 5.74) is 5.09. The van der Waals surface area contributed by atoms with Crippen LogP contribution in [-0.4, -0.2) is 15.6 Å². The summed E-state index contributed by atoms with van der Waals surface area (Å²) in [4.78, 5) is 21.4. The van der Waals surface area contributed by atoms with Gasteiger partial charge in [0.2, 0.25) is 0 Å². The maximum atomic E-state index is 11.2. The molecule has 0 radical (unpaired) electrons. The maximum absolute atomic E-state index is 11.2. The van der Waals surface area contributed by atoms with Crippen molar-refractivity contribution in [3.8, 4) is 0 Å². The average molecular weight is 469 g/mol. The van der Waals surface area contributed by atoms with Crippen LogP contribution in [0.25, 0.3) is 6.08 Å². The molecule has 35 heavy (non-hydrogen) atoms. The van der Waals surface area contributed by atoms with Crippen LogP contribution in [-0.2, 0) is 0 Å². The van der Waals surface area contributed by atoms with Gasteiger partial charge in [-0.05, 0) is 65.8 Å². The highest BCUT2D eigenvalue weighted by molar-refractivity contribution is 6.08. The average Bonchev–Trinajstić information content (AvgIpc) is 3.24. The quantitative estimate of drug-likeness (QED) is 0.312. The SMILES string of the molecule is C[C@@H]1C/C(=C/c2ccc([N+](=O)[O-])cc2)C2=NN(c3ccccc3)[C@@H](c3ccc([N+](=O)[O-])cc3)[C@@H]2C1. The zero-order chi connectivity index (χ0) is 24.5. The van der Waals surface area contributed by atoms with Crippen LogP contribution in [0.15, 0.2) is 89.5 Å². The minimum Gasteiger partial charge on any atom is -0.258 e. The van der Waals surface area contributed by atoms with E-state index in [1.165, 1.54) is 12.1 Å². The van der Waals surface area contributed by atoms with Gasteiger partial charge in [0, 0.05) is 30.2 Å². The molecule has 0 saturated heterocycles. The van der Waals surface area contributed by atoms with Gasteiger partial charge in [-0.1, -0.05) is 37.3 Å². The first-order chi connectivity index (χ1) is 16.9. The summed E-state index contributed by atoms with van der Waals surface area (Å²) in [6.07, 6.45) is 3.88. The molecule has 3 aromatic carbocycles. The van der Waals surface area contributed by atoms with Gasteiger partial charge in [-0.25, -0.2) is 0 Å². The number of nitro benzene ring substituents is 2. The zero-order valence-corrected chi connectivity index (χ0v) is 19.2. The van der Waals surface area contributed by atoms with Crippen LogP contribution in [0.4, 0.5) is 17.1 Å². The number of hydrogen-bond acceptors (Lipinski definition) is 6. The fourth-order valence-corrected chi connectivity index (χ4v) is 5.10. The molecular formula is C27H24N4O4. The fourth-order valence-electron chi connectivity index (χ4n) is 5.10. The van der Waals surface area contributed by atoms with Crippen LogP contribution in [0.5, 0.6) is 0 Å². The van der Waals surface area contributed by atoms with Gasteiger partial charge in [0.1, 0.15) is 0 Å². The Balaban J connectivity index is 1.57. The number of benzene rings is 3. The molecule has 1 saturated carbocycles. The number of hydrazone groups is 1. The predicted octanol–water partition coefficient (Wildman–Crippen LogP) is 6.55. The third kappa shape index (κ3) is 4.42. The lowest BCUT2D eigenvalue weighted by Crippen LogP contribution is -2.30. The lowest BCUT2D eigenvalue weighted by molar-refractivity contribution is -0.385. The van der Waals surface area contributed by atoms with Crippen molar-refractivity contribution >= 4 is 28.8 Å². The molecule has 8 nitrogen and oxygen atoms in total. The van der Waals surface area contributed by atoms with E-state index in [2.05, 4.69) is 13.0 Å². The van der Waals surface area contributed by atoms with Crippen LogP contribution < -0.4 is 5.01 Å². The monoisotopic (exact) mass is 468 g/mol. The highest BCUT2D eigenvalue weighted by Gasteiger charge is 2.43. The molecule has 0 amide bonds. The Morgan fingerprint density at radius 2 is 1.49 bits per heavy atom. The highest BCUT2D eigenvalue weighted by atomic mass is 16.6. The largest absolute Gasteiger partial charge is 0.269 e. The van der Waals surface area contributed by atoms with Crippen LogP contribution in [0.2, 0.25) is 0 Å². The Morgan fingerprint density at radius 1 is 0.886 bits per heavy atom. The van der Waals surface area contributed by atoms with Crippen LogP contribution in [0.1, 0.15) is 36.9 Å². The van der Waals surface area contributed by atoms with Gasteiger partial charge in [0.25, 0.3) is 11.4 Å². The third-order valence-corrected chi connectivity index (χ3v) is 6.68. The number of fused-ring (bicyclic) bond motifs is 1. The van der Waals surface area contributed by atoms with E-state index in [1.807, 2.05) is 47.5 Å². The van der Waals surface area contributed by atoms with Gasteiger partial charge in [-0.2, -0.15) is 5.10 Å². The molecule has 1 aliphatic carbocycles. The Hall–Kier alpha value is -4.33. The van der Waals surface area contributed by atoms with Gasteiger partial charge in [-0.15, -0.1) is 0 Å². The number of rotatable bonds is 5. The number of nitro groups is 2. The van der Waals surface area contributed by atoms with Gasteiger partial charge in [0.05, 0.1) is 27.3 Å². The second-order valence-electron chi connectivity index (χ2n) is 9.13. The number of nitrogens with zero attached hydrogens (tertiary/aromatic N) is 4. The summed E-state index contributed by atoms with van der Waals surface area (Å²) in [5.74, 6) is 0.532. The van der Waals surface area contributed by atoms with Gasteiger partial charge in [0.15, 0.2) is 0 Å². The van der Waals surface area contributed by atoms with E-state index < -0.39 is 4.92 Å². The van der Waals surface area contributed by atoms with Crippen molar-refractivity contribution in [2.24, 2.45) is 16.9 Å². The summed E-state index contributed by atoms with van der Waals surface area (Å²) >= 11 is 0. The molecule has 0 unspecified atom stereocenters. The second-order valence-corrected chi connectivity index (χ2v) is 9.13. The first-order valence-electron chi connectivity index (χ1n) is 11.5. The van der Waals surface area contributed by atoms with Crippen molar-refractivity contribution in [2.45, 2.75) is 25.8 Å². The smallest absolute Gasteiger partial charge is 0.258 e. The maximum Gasteiger partial charge on any atom is 0.269 e. The summed E-state index contributed by atoms with van der Waals surface area (Å²) in [6, 6.07) is 23.2. The lowest BCUT2D eigenvalue weighted by Gasteiger charge is -2.33. The minimum atomic E-state index is -0.400. The van der Waals surface area contributed by atoms with Crippen molar-refractivity contribution < 1.29 is 9.85 Å². The Kier molecular flexibility index (Phi) is 5.86. The van der Waals surface area contributed by atoms with E-state index in [9.17, 15) is 20.2 Å². The molecule has 1 aliphatic heterocycles. The second kappa shape index (κ2) is 9.13. The van der Waals surface area contributed by atoms with Crippen molar-refractivity contribution in [3.63, 3.8) is 0 Å². The molecule has 1 fully saturated rings. The molecule has 0 N–H and O–H groups in total. The zero-order valence-electron chi connectivity index (χ0n) is 19.2. The van der Waals surface area contributed by atoms with Crippen LogP contribution >= 0.6 is 0 Å². The van der Waals surface area contributed by atoms with Crippen LogP contribution in [0.3, 0.4) is 0 Å². The number of para-hydroxylation sites is 1. The van der Waals surface area contributed by atoms with Gasteiger partial charge >= 0.3 is 0 Å². The molecule has 5 rings (SSSR count). The summed E-state index contributed by atoms with van der Waals surface area (Å²) in [7, 11) is 0. The minimum absolute atomic E-state index is 0.0636. The van der Waals surface area contributed by atoms with Gasteiger partial charge in [-0.3, -0.25) is 25.2 Å². The van der Waals surface area contributed by atoms with Crippen molar-refractivity contribution in [1.29, 1.82) is 0 Å². The Bertz CT molecular complexity index is 1320. The Morgan fingerprint density at radius 3 is 2.09 bits per heavy atom. The molecule has 0 bridgehead atoms. The fraction of sp³-hybridized carbons (Fsp3) is 0.222. The van der Waals surface area contributed by atoms with Crippen molar-refractivity contribution in [2.75, 3.05) is 5.01 Å². The standard InChI is InChI=1S/C27H24N4O4/c1-18-15-21(17-19-7-11-23(12-8-19)30(32)33)26-25(16-18)27(20-9-13-24(14-10-20)31(34)35)29(28-26)22-5-3-2-4-6-22/h2-14,17-18,25,27H,15-16H2,1H3/b21-17-/t18-,25-,27+/m1/s1. The highest BCUT2D eigenvalue weighted by Crippen LogP contribution is 2.47. The lowest BCUT2D eigenvalue weighted by atomic mass is 9.73. The molecule has 3 atom stereocenters. The molecule has 176 valence electrons. The molecular weight excluding hydrogens is 444 g/mol. The first kappa shape index (κ1) is 22.5. The van der Waals surface area contributed by atoms with E-state index in [1.54, 1.807) is 24.3 Å². The van der Waals surface area contributed by atoms with Gasteiger partial charge < -0.3 is 0 Å². The molecule has 2 aliphatic rings. The Labute approximate surface area is 202 Å². The van der Waals surface area contributed by atoms with Crippen molar-refractivity contribution in [1.82, 2.24) is 0 Å². The van der Waals surface area contributed by atoms with E-state index in [-0.39, 0.29) is 28.3 Å². The third-order valence-electron chi connectivity index (χ3n) is 6.68. The predicted molar refractivity (Wildman–Crippen MR) is 135 cm³/mol. The number of allylic oxidation sites excluding steroid dienone is 1. The summed E-state index contributed by atoms with van der Waals surface area (Å²) in [6.45, 7) is 2.22. The summed E-state index contributed by atoms with van der Waals surface area (Å²) in [5, 5.41) is 29.3. The molecule has 1 heterocycles. The van der Waals surface area contributed by atoms with E-state index in [0.29, 0.717) is 5.92 Å². The van der Waals surface area contributed by atoms with Crippen LogP contribution in [0, 0.1) is 32.1 Å². The number of non-ortho nitro benzene ring substituents is 2. The van der Waals surface area contributed by atoms with E-state index in [0.717, 1.165) is 40.9 Å². The number of anilines is 1. The first-order valence-corrected chi connectivity index (χ1v) is 11.5.